The summed E-state index contributed by atoms with van der Waals surface area (Å²) in [5.41, 5.74) is 1.44. The van der Waals surface area contributed by atoms with Crippen molar-refractivity contribution in [3.63, 3.8) is 0 Å². The van der Waals surface area contributed by atoms with Gasteiger partial charge in [0.2, 0.25) is 0 Å². The van der Waals surface area contributed by atoms with E-state index >= 15 is 0 Å². The van der Waals surface area contributed by atoms with Gasteiger partial charge in [0, 0.05) is 31.7 Å². The minimum Gasteiger partial charge on any atom is -0.303 e. The fourth-order valence-electron chi connectivity index (χ4n) is 5.46. The Kier molecular flexibility index (Phi) is 4.73. The monoisotopic (exact) mass is 333 g/mol. The molecule has 1 spiro atoms. The van der Waals surface area contributed by atoms with Crippen molar-refractivity contribution < 1.29 is 0 Å². The molecule has 0 atom stereocenters. The van der Waals surface area contributed by atoms with Crippen LogP contribution in [0.5, 0.6) is 0 Å². The minimum absolute atomic E-state index is 0.706. The summed E-state index contributed by atoms with van der Waals surface area (Å²) >= 11 is 0. The normalized spacial score (nSPS) is 31.5. The third-order valence-corrected chi connectivity index (χ3v) is 8.18. The first-order valence-corrected chi connectivity index (χ1v) is 10.7. The summed E-state index contributed by atoms with van der Waals surface area (Å²) in [4.78, 5) is 8.24. The van der Waals surface area contributed by atoms with Crippen LogP contribution < -0.4 is 0 Å². The summed E-state index contributed by atoms with van der Waals surface area (Å²) in [6.45, 7) is 16.6. The fraction of sp³-hybridized carbons (Fsp3) is 1.00. The van der Waals surface area contributed by atoms with Crippen molar-refractivity contribution in [1.82, 2.24) is 14.7 Å². The van der Waals surface area contributed by atoms with Gasteiger partial charge in [-0.1, -0.05) is 6.92 Å². The zero-order valence-corrected chi connectivity index (χ0v) is 16.4. The Morgan fingerprint density at radius 3 is 1.96 bits per heavy atom. The summed E-state index contributed by atoms with van der Waals surface area (Å²) in [5.74, 6) is 0. The van der Waals surface area contributed by atoms with Crippen LogP contribution in [0, 0.1) is 10.8 Å². The van der Waals surface area contributed by atoms with Gasteiger partial charge in [0.25, 0.3) is 0 Å². The molecule has 0 aromatic rings. The number of nitrogens with zero attached hydrogens (tertiary/aromatic N) is 3. The molecule has 0 amide bonds. The second-order valence-corrected chi connectivity index (χ2v) is 9.87. The smallest absolute Gasteiger partial charge is 0.0350 e. The topological polar surface area (TPSA) is 9.72 Å². The maximum atomic E-state index is 2.81. The molecular formula is C21H39N3. The molecule has 0 aromatic heterocycles. The van der Waals surface area contributed by atoms with E-state index in [4.69, 9.17) is 0 Å². The number of hydrogen-bond donors (Lipinski definition) is 0. The fourth-order valence-corrected chi connectivity index (χ4v) is 5.46. The average molecular weight is 334 g/mol. The first-order chi connectivity index (χ1) is 11.5. The van der Waals surface area contributed by atoms with Gasteiger partial charge in [-0.15, -0.1) is 0 Å². The third kappa shape index (κ3) is 3.41. The van der Waals surface area contributed by atoms with Crippen LogP contribution in [-0.4, -0.2) is 72.6 Å². The summed E-state index contributed by atoms with van der Waals surface area (Å²) in [6.07, 6.45) is 10.3. The summed E-state index contributed by atoms with van der Waals surface area (Å²) in [5, 5.41) is 0. The number of rotatable bonds is 5. The van der Waals surface area contributed by atoms with E-state index in [1.807, 2.05) is 0 Å². The predicted molar refractivity (Wildman–Crippen MR) is 101 cm³/mol. The van der Waals surface area contributed by atoms with E-state index in [1.54, 1.807) is 0 Å². The highest BCUT2D eigenvalue weighted by molar-refractivity contribution is 4.99. The molecule has 4 rings (SSSR count). The van der Waals surface area contributed by atoms with E-state index < -0.39 is 0 Å². The lowest BCUT2D eigenvalue weighted by molar-refractivity contribution is -0.0341. The van der Waals surface area contributed by atoms with Crippen molar-refractivity contribution in [3.05, 3.63) is 0 Å². The zero-order valence-electron chi connectivity index (χ0n) is 16.4. The molecule has 0 N–H and O–H groups in total. The Hall–Kier alpha value is -0.120. The highest BCUT2D eigenvalue weighted by Crippen LogP contribution is 2.50. The molecule has 3 nitrogen and oxygen atoms in total. The average Bonchev–Trinajstić information content (AvgIpc) is 3.30. The van der Waals surface area contributed by atoms with Gasteiger partial charge in [0.15, 0.2) is 0 Å². The Balaban J connectivity index is 1.21. The first-order valence-electron chi connectivity index (χ1n) is 10.7. The Labute approximate surface area is 149 Å². The van der Waals surface area contributed by atoms with Crippen molar-refractivity contribution in [2.24, 2.45) is 10.8 Å². The number of piperidine rings is 2. The zero-order chi connectivity index (χ0) is 16.8. The molecule has 24 heavy (non-hydrogen) atoms. The van der Waals surface area contributed by atoms with Gasteiger partial charge in [-0.2, -0.15) is 0 Å². The van der Waals surface area contributed by atoms with Crippen molar-refractivity contribution in [2.45, 2.75) is 77.8 Å². The molecule has 1 aliphatic carbocycles. The van der Waals surface area contributed by atoms with Gasteiger partial charge in [-0.3, -0.25) is 9.80 Å². The Morgan fingerprint density at radius 1 is 0.875 bits per heavy atom. The van der Waals surface area contributed by atoms with E-state index in [2.05, 4.69) is 35.5 Å². The molecule has 1 saturated carbocycles. The Morgan fingerprint density at radius 2 is 1.46 bits per heavy atom. The van der Waals surface area contributed by atoms with Gasteiger partial charge in [-0.05, 0) is 95.8 Å². The van der Waals surface area contributed by atoms with Crippen LogP contribution in [-0.2, 0) is 0 Å². The molecule has 3 aliphatic heterocycles. The molecule has 0 aromatic carbocycles. The minimum atomic E-state index is 0.706. The van der Waals surface area contributed by atoms with Crippen LogP contribution in [0.15, 0.2) is 0 Å². The summed E-state index contributed by atoms with van der Waals surface area (Å²) < 4.78 is 0. The Bertz CT molecular complexity index is 418. The van der Waals surface area contributed by atoms with Crippen molar-refractivity contribution >= 4 is 0 Å². The highest BCUT2D eigenvalue weighted by atomic mass is 15.3. The summed E-state index contributed by atoms with van der Waals surface area (Å²) in [6, 6.07) is 1.60. The summed E-state index contributed by atoms with van der Waals surface area (Å²) in [7, 11) is 0. The second kappa shape index (κ2) is 6.55. The van der Waals surface area contributed by atoms with E-state index in [-0.39, 0.29) is 0 Å². The number of likely N-dealkylation sites (tertiary alicyclic amines) is 3. The van der Waals surface area contributed by atoms with Crippen LogP contribution in [0.25, 0.3) is 0 Å². The molecule has 3 heteroatoms. The van der Waals surface area contributed by atoms with E-state index in [0.29, 0.717) is 5.41 Å². The predicted octanol–water partition coefficient (Wildman–Crippen LogP) is 3.45. The number of hydrogen-bond acceptors (Lipinski definition) is 3. The second-order valence-electron chi connectivity index (χ2n) is 9.87. The highest BCUT2D eigenvalue weighted by Gasteiger charge is 2.45. The SMILES string of the molecule is CCC1(CN2CCC3(CC2)CCN(C2CN(C(C)C)C2)CC3)CC1. The van der Waals surface area contributed by atoms with Crippen LogP contribution in [0.1, 0.15) is 65.7 Å². The van der Waals surface area contributed by atoms with Crippen LogP contribution >= 0.6 is 0 Å². The van der Waals surface area contributed by atoms with Crippen molar-refractivity contribution in [1.29, 1.82) is 0 Å². The largest absolute Gasteiger partial charge is 0.303 e. The van der Waals surface area contributed by atoms with Gasteiger partial charge in [0.1, 0.15) is 0 Å². The van der Waals surface area contributed by atoms with E-state index in [0.717, 1.165) is 17.5 Å². The van der Waals surface area contributed by atoms with Crippen molar-refractivity contribution in [3.8, 4) is 0 Å². The van der Waals surface area contributed by atoms with Crippen LogP contribution in [0.3, 0.4) is 0 Å². The van der Waals surface area contributed by atoms with Gasteiger partial charge in [0.05, 0.1) is 0 Å². The molecule has 3 heterocycles. The molecule has 4 fully saturated rings. The van der Waals surface area contributed by atoms with E-state index in [1.165, 1.54) is 90.8 Å². The molecular weight excluding hydrogens is 294 g/mol. The lowest BCUT2D eigenvalue weighted by atomic mass is 9.70. The molecule has 138 valence electrons. The molecule has 0 unspecified atom stereocenters. The first kappa shape index (κ1) is 17.3. The van der Waals surface area contributed by atoms with E-state index in [9.17, 15) is 0 Å². The molecule has 4 aliphatic rings. The van der Waals surface area contributed by atoms with Gasteiger partial charge in [-0.25, -0.2) is 0 Å². The maximum Gasteiger partial charge on any atom is 0.0350 e. The van der Waals surface area contributed by atoms with Gasteiger partial charge < -0.3 is 4.90 Å². The molecule has 0 radical (unpaired) electrons. The quantitative estimate of drug-likeness (QED) is 0.763. The van der Waals surface area contributed by atoms with Gasteiger partial charge >= 0.3 is 0 Å². The molecule has 0 bridgehead atoms. The van der Waals surface area contributed by atoms with Crippen LogP contribution in [0.4, 0.5) is 0 Å². The van der Waals surface area contributed by atoms with Crippen LogP contribution in [0.2, 0.25) is 0 Å². The lowest BCUT2D eigenvalue weighted by Crippen LogP contribution is -2.63. The third-order valence-electron chi connectivity index (χ3n) is 8.18. The van der Waals surface area contributed by atoms with Crippen molar-refractivity contribution in [2.75, 3.05) is 45.8 Å². The maximum absolute atomic E-state index is 2.81. The molecule has 3 saturated heterocycles. The standard InChI is InChI=1S/C21H39N3/c1-4-20(5-6-20)17-22-11-7-21(8-12-22)9-13-23(14-10-21)19-15-24(16-19)18(2)3/h18-19H,4-17H2,1-3H3. The lowest BCUT2D eigenvalue weighted by Gasteiger charge is -2.53.